The van der Waals surface area contributed by atoms with Crippen LogP contribution in [0.1, 0.15) is 39.2 Å². The van der Waals surface area contributed by atoms with Crippen LogP contribution in [0.25, 0.3) is 10.4 Å². The van der Waals surface area contributed by atoms with E-state index in [1.807, 2.05) is 0 Å². The van der Waals surface area contributed by atoms with Crippen molar-refractivity contribution in [2.45, 2.75) is 32.3 Å². The Labute approximate surface area is 131 Å². The highest BCUT2D eigenvalue weighted by atomic mass is 32.1. The fourth-order valence-electron chi connectivity index (χ4n) is 3.19. The average molecular weight is 314 g/mol. The van der Waals surface area contributed by atoms with E-state index in [0.717, 1.165) is 40.4 Å². The maximum Gasteiger partial charge on any atom is 0.346 e. The lowest BCUT2D eigenvalue weighted by atomic mass is 9.89. The van der Waals surface area contributed by atoms with E-state index in [1.165, 1.54) is 30.0 Å². The standard InChI is InChI=1S/C17H14O4S/c18-13-7-15(17(19)20)22-16-11-5-9-3-1-2-4-10(9)6-14(11)21-8-12(13)16/h5-7H,1-4,8H2,(H,19,20). The molecule has 0 unspecified atom stereocenters. The van der Waals surface area contributed by atoms with E-state index in [-0.39, 0.29) is 16.9 Å². The molecule has 4 rings (SSSR count). The molecule has 0 radical (unpaired) electrons. The molecule has 0 atom stereocenters. The van der Waals surface area contributed by atoms with Gasteiger partial charge in [-0.3, -0.25) is 4.79 Å². The average Bonchev–Trinajstić information content (AvgIpc) is 2.52. The monoisotopic (exact) mass is 314 g/mol. The zero-order valence-corrected chi connectivity index (χ0v) is 12.7. The number of ether oxygens (including phenoxy) is 1. The molecule has 2 aromatic rings. The fraction of sp³-hybridized carbons (Fsp3) is 0.294. The van der Waals surface area contributed by atoms with Crippen LogP contribution in [-0.2, 0) is 19.4 Å². The van der Waals surface area contributed by atoms with E-state index in [2.05, 4.69) is 12.1 Å². The lowest BCUT2D eigenvalue weighted by Gasteiger charge is -2.24. The Hall–Kier alpha value is -2.14. The third-order valence-electron chi connectivity index (χ3n) is 4.32. The van der Waals surface area contributed by atoms with Gasteiger partial charge in [0.1, 0.15) is 17.2 Å². The van der Waals surface area contributed by atoms with Crippen molar-refractivity contribution in [1.82, 2.24) is 0 Å². The van der Waals surface area contributed by atoms with Gasteiger partial charge < -0.3 is 9.84 Å². The van der Waals surface area contributed by atoms with Crippen molar-refractivity contribution in [3.63, 3.8) is 0 Å². The molecule has 4 nitrogen and oxygen atoms in total. The number of aryl methyl sites for hydroxylation is 2. The molecule has 5 heteroatoms. The van der Waals surface area contributed by atoms with E-state index >= 15 is 0 Å². The highest BCUT2D eigenvalue weighted by Crippen LogP contribution is 2.42. The minimum absolute atomic E-state index is 0.0781. The van der Waals surface area contributed by atoms with E-state index in [9.17, 15) is 14.7 Å². The zero-order valence-electron chi connectivity index (χ0n) is 11.8. The van der Waals surface area contributed by atoms with Crippen molar-refractivity contribution in [3.8, 4) is 16.2 Å². The summed E-state index contributed by atoms with van der Waals surface area (Å²) < 4.78 is 5.76. The van der Waals surface area contributed by atoms with Gasteiger partial charge in [0.2, 0.25) is 0 Å². The predicted molar refractivity (Wildman–Crippen MR) is 84.0 cm³/mol. The number of carboxylic acid groups (broad SMARTS) is 1. The van der Waals surface area contributed by atoms with Gasteiger partial charge in [0.25, 0.3) is 0 Å². The second-order valence-corrected chi connectivity index (χ2v) is 6.75. The van der Waals surface area contributed by atoms with Crippen LogP contribution >= 0.6 is 11.3 Å². The van der Waals surface area contributed by atoms with Crippen LogP contribution in [0.3, 0.4) is 0 Å². The van der Waals surface area contributed by atoms with Gasteiger partial charge >= 0.3 is 5.97 Å². The van der Waals surface area contributed by atoms with Crippen LogP contribution in [0.15, 0.2) is 23.0 Å². The summed E-state index contributed by atoms with van der Waals surface area (Å²) in [6.07, 6.45) is 4.46. The van der Waals surface area contributed by atoms with E-state index < -0.39 is 5.97 Å². The molecule has 1 aromatic carbocycles. The molecule has 0 spiro atoms. The Morgan fingerprint density at radius 3 is 2.59 bits per heavy atom. The summed E-state index contributed by atoms with van der Waals surface area (Å²) in [7, 11) is 0. The Balaban J connectivity index is 1.96. The molecule has 0 amide bonds. The fourth-order valence-corrected chi connectivity index (χ4v) is 4.21. The molecule has 2 heterocycles. The van der Waals surface area contributed by atoms with Crippen molar-refractivity contribution in [2.75, 3.05) is 0 Å². The second kappa shape index (κ2) is 4.95. The summed E-state index contributed by atoms with van der Waals surface area (Å²) in [4.78, 5) is 24.2. The molecule has 1 aromatic heterocycles. The van der Waals surface area contributed by atoms with E-state index in [1.54, 1.807) is 0 Å². The molecule has 1 N–H and O–H groups in total. The van der Waals surface area contributed by atoms with Crippen molar-refractivity contribution in [3.05, 3.63) is 50.0 Å². The number of fused-ring (bicyclic) bond motifs is 4. The van der Waals surface area contributed by atoms with Gasteiger partial charge in [-0.05, 0) is 48.9 Å². The van der Waals surface area contributed by atoms with Gasteiger partial charge in [-0.15, -0.1) is 11.3 Å². The van der Waals surface area contributed by atoms with Crippen molar-refractivity contribution < 1.29 is 14.6 Å². The molecule has 0 saturated heterocycles. The Morgan fingerprint density at radius 1 is 1.14 bits per heavy atom. The van der Waals surface area contributed by atoms with E-state index in [0.29, 0.717) is 5.56 Å². The SMILES string of the molecule is O=C(O)c1cc(=O)c2c(s1)-c1cc3c(cc1OC2)CCCC3. The molecule has 1 aliphatic heterocycles. The molecule has 22 heavy (non-hydrogen) atoms. The molecule has 112 valence electrons. The largest absolute Gasteiger partial charge is 0.488 e. The maximum absolute atomic E-state index is 12.2. The van der Waals surface area contributed by atoms with Crippen LogP contribution in [0, 0.1) is 0 Å². The summed E-state index contributed by atoms with van der Waals surface area (Å²) in [5.41, 5.74) is 3.79. The molecule has 0 bridgehead atoms. The number of hydrogen-bond acceptors (Lipinski definition) is 4. The minimum atomic E-state index is -1.06. The molecule has 2 aliphatic rings. The first-order chi connectivity index (χ1) is 10.6. The molecular weight excluding hydrogens is 300 g/mol. The van der Waals surface area contributed by atoms with Crippen LogP contribution < -0.4 is 10.2 Å². The first-order valence-corrected chi connectivity index (χ1v) is 8.14. The zero-order chi connectivity index (χ0) is 15.3. The van der Waals surface area contributed by atoms with Gasteiger partial charge in [-0.25, -0.2) is 4.79 Å². The van der Waals surface area contributed by atoms with Crippen molar-refractivity contribution in [1.29, 1.82) is 0 Å². The van der Waals surface area contributed by atoms with Crippen LogP contribution in [0.5, 0.6) is 5.75 Å². The first kappa shape index (κ1) is 13.5. The normalized spacial score (nSPS) is 15.3. The summed E-state index contributed by atoms with van der Waals surface area (Å²) in [6, 6.07) is 5.35. The predicted octanol–water partition coefficient (Wildman–Crippen LogP) is 3.24. The van der Waals surface area contributed by atoms with Crippen molar-refractivity contribution in [2.24, 2.45) is 0 Å². The highest BCUT2D eigenvalue weighted by molar-refractivity contribution is 7.17. The van der Waals surface area contributed by atoms with Crippen LogP contribution in [-0.4, -0.2) is 11.1 Å². The summed E-state index contributed by atoms with van der Waals surface area (Å²) in [5.74, 6) is -0.290. The van der Waals surface area contributed by atoms with Gasteiger partial charge in [-0.1, -0.05) is 0 Å². The highest BCUT2D eigenvalue weighted by Gasteiger charge is 2.25. The Morgan fingerprint density at radius 2 is 1.86 bits per heavy atom. The Bertz CT molecular complexity index is 850. The third kappa shape index (κ3) is 2.04. The topological polar surface area (TPSA) is 63.6 Å². The smallest absolute Gasteiger partial charge is 0.346 e. The lowest BCUT2D eigenvalue weighted by molar-refractivity contribution is 0.0702. The second-order valence-electron chi connectivity index (χ2n) is 5.70. The van der Waals surface area contributed by atoms with Gasteiger partial charge in [0, 0.05) is 16.5 Å². The number of hydrogen-bond donors (Lipinski definition) is 1. The quantitative estimate of drug-likeness (QED) is 0.877. The van der Waals surface area contributed by atoms with Gasteiger partial charge in [-0.2, -0.15) is 0 Å². The minimum Gasteiger partial charge on any atom is -0.488 e. The number of rotatable bonds is 1. The van der Waals surface area contributed by atoms with Crippen LogP contribution in [0.2, 0.25) is 0 Å². The van der Waals surface area contributed by atoms with Gasteiger partial charge in [0.05, 0.1) is 5.56 Å². The lowest BCUT2D eigenvalue weighted by Crippen LogP contribution is -2.18. The third-order valence-corrected chi connectivity index (χ3v) is 5.50. The molecule has 0 fully saturated rings. The number of carboxylic acids is 1. The summed E-state index contributed by atoms with van der Waals surface area (Å²) in [6.45, 7) is 0.219. The number of carbonyl (C=O) groups is 1. The molecule has 0 saturated carbocycles. The Kier molecular flexibility index (Phi) is 3.04. The first-order valence-electron chi connectivity index (χ1n) is 7.33. The summed E-state index contributed by atoms with van der Waals surface area (Å²) >= 11 is 1.16. The number of benzene rings is 1. The number of aromatic carboxylic acids is 1. The maximum atomic E-state index is 12.2. The summed E-state index contributed by atoms with van der Waals surface area (Å²) in [5, 5.41) is 9.19. The molecule has 1 aliphatic carbocycles. The van der Waals surface area contributed by atoms with Crippen molar-refractivity contribution >= 4 is 17.3 Å². The van der Waals surface area contributed by atoms with E-state index in [4.69, 9.17) is 4.74 Å². The van der Waals surface area contributed by atoms with Gasteiger partial charge in [0.15, 0.2) is 5.43 Å². The molecular formula is C17H14O4S. The van der Waals surface area contributed by atoms with Crippen LogP contribution in [0.4, 0.5) is 0 Å².